The van der Waals surface area contributed by atoms with E-state index in [9.17, 15) is 0 Å². The van der Waals surface area contributed by atoms with Gasteiger partial charge in [0, 0.05) is 51.0 Å². The van der Waals surface area contributed by atoms with E-state index in [1.807, 2.05) is 13.4 Å². The summed E-state index contributed by atoms with van der Waals surface area (Å²) in [5.74, 6) is 0. The van der Waals surface area contributed by atoms with Crippen molar-refractivity contribution in [3.8, 4) is 0 Å². The van der Waals surface area contributed by atoms with Crippen LogP contribution in [0.2, 0.25) is 0 Å². The van der Waals surface area contributed by atoms with Crippen LogP contribution in [-0.2, 0) is 7.05 Å². The summed E-state index contributed by atoms with van der Waals surface area (Å²) >= 11 is 0. The Balaban J connectivity index is 2.06. The SMILES string of the molecule is Cc1c(C(CN)N2CCN(C(C)(C)C)CC2)ncn1C. The van der Waals surface area contributed by atoms with Crippen LogP contribution in [0.5, 0.6) is 0 Å². The van der Waals surface area contributed by atoms with Gasteiger partial charge in [-0.1, -0.05) is 0 Å². The van der Waals surface area contributed by atoms with Gasteiger partial charge in [-0.2, -0.15) is 0 Å². The Morgan fingerprint density at radius 2 is 1.85 bits per heavy atom. The van der Waals surface area contributed by atoms with E-state index in [0.29, 0.717) is 6.54 Å². The minimum absolute atomic E-state index is 0.248. The second-order valence-corrected chi connectivity index (χ2v) is 6.77. The van der Waals surface area contributed by atoms with E-state index in [2.05, 4.69) is 47.0 Å². The van der Waals surface area contributed by atoms with Gasteiger partial charge >= 0.3 is 0 Å². The van der Waals surface area contributed by atoms with Gasteiger partial charge in [0.15, 0.2) is 0 Å². The molecule has 5 heteroatoms. The summed E-state index contributed by atoms with van der Waals surface area (Å²) in [7, 11) is 2.04. The fraction of sp³-hybridized carbons (Fsp3) is 0.800. The van der Waals surface area contributed by atoms with Gasteiger partial charge in [-0.05, 0) is 27.7 Å². The molecule has 2 N–H and O–H groups in total. The standard InChI is InChI=1S/C15H29N5/c1-12-14(17-11-18(12)5)13(10-16)19-6-8-20(9-7-19)15(2,3)4/h11,13H,6-10,16H2,1-5H3. The molecule has 0 radical (unpaired) electrons. The van der Waals surface area contributed by atoms with Crippen molar-refractivity contribution < 1.29 is 0 Å². The molecule has 1 atom stereocenters. The van der Waals surface area contributed by atoms with Crippen LogP contribution in [-0.4, -0.2) is 57.6 Å². The Kier molecular flexibility index (Phi) is 4.52. The largest absolute Gasteiger partial charge is 0.338 e. The summed E-state index contributed by atoms with van der Waals surface area (Å²) in [5, 5.41) is 0. The summed E-state index contributed by atoms with van der Waals surface area (Å²) in [6.45, 7) is 13.9. The lowest BCUT2D eigenvalue weighted by Crippen LogP contribution is -2.54. The zero-order chi connectivity index (χ0) is 14.9. The number of aryl methyl sites for hydroxylation is 1. The highest BCUT2D eigenvalue weighted by Crippen LogP contribution is 2.24. The quantitative estimate of drug-likeness (QED) is 0.901. The van der Waals surface area contributed by atoms with E-state index in [1.165, 1.54) is 5.69 Å². The first-order valence-electron chi connectivity index (χ1n) is 7.51. The number of nitrogens with two attached hydrogens (primary N) is 1. The molecular weight excluding hydrogens is 250 g/mol. The van der Waals surface area contributed by atoms with E-state index in [0.717, 1.165) is 31.9 Å². The van der Waals surface area contributed by atoms with Crippen LogP contribution >= 0.6 is 0 Å². The molecule has 0 spiro atoms. The van der Waals surface area contributed by atoms with Crippen LogP contribution in [0.25, 0.3) is 0 Å². The number of piperazine rings is 1. The minimum Gasteiger partial charge on any atom is -0.338 e. The van der Waals surface area contributed by atoms with Gasteiger partial charge in [0.2, 0.25) is 0 Å². The van der Waals surface area contributed by atoms with Crippen LogP contribution in [0.15, 0.2) is 6.33 Å². The molecule has 1 aromatic heterocycles. The number of imidazole rings is 1. The lowest BCUT2D eigenvalue weighted by atomic mass is 10.0. The Labute approximate surface area is 122 Å². The predicted octanol–water partition coefficient (Wildman–Crippen LogP) is 1.14. The van der Waals surface area contributed by atoms with E-state index < -0.39 is 0 Å². The fourth-order valence-corrected chi connectivity index (χ4v) is 2.97. The lowest BCUT2D eigenvalue weighted by molar-refractivity contribution is 0.0424. The first-order chi connectivity index (χ1) is 9.34. The molecule has 2 rings (SSSR count). The maximum Gasteiger partial charge on any atom is 0.0949 e. The maximum atomic E-state index is 6.03. The van der Waals surface area contributed by atoms with Gasteiger partial charge in [-0.25, -0.2) is 4.98 Å². The summed E-state index contributed by atoms with van der Waals surface area (Å²) in [4.78, 5) is 9.58. The average Bonchev–Trinajstić information content (AvgIpc) is 2.72. The van der Waals surface area contributed by atoms with Gasteiger partial charge in [-0.15, -0.1) is 0 Å². The third-order valence-corrected chi connectivity index (χ3v) is 4.51. The summed E-state index contributed by atoms with van der Waals surface area (Å²) in [6, 6.07) is 0.248. The van der Waals surface area contributed by atoms with Gasteiger partial charge < -0.3 is 10.3 Å². The number of aromatic nitrogens is 2. The number of rotatable bonds is 3. The third-order valence-electron chi connectivity index (χ3n) is 4.51. The van der Waals surface area contributed by atoms with Crippen molar-refractivity contribution in [2.75, 3.05) is 32.7 Å². The van der Waals surface area contributed by atoms with E-state index >= 15 is 0 Å². The van der Waals surface area contributed by atoms with Gasteiger partial charge in [0.25, 0.3) is 0 Å². The fourth-order valence-electron chi connectivity index (χ4n) is 2.97. The van der Waals surface area contributed by atoms with Crippen molar-refractivity contribution in [3.05, 3.63) is 17.7 Å². The first kappa shape index (κ1) is 15.5. The summed E-state index contributed by atoms with van der Waals surface area (Å²) in [5.41, 5.74) is 8.64. The van der Waals surface area contributed by atoms with Crippen molar-refractivity contribution in [2.24, 2.45) is 12.8 Å². The normalized spacial score (nSPS) is 20.3. The van der Waals surface area contributed by atoms with Crippen molar-refractivity contribution >= 4 is 0 Å². The molecule has 1 aliphatic rings. The molecule has 5 nitrogen and oxygen atoms in total. The highest BCUT2D eigenvalue weighted by atomic mass is 15.3. The van der Waals surface area contributed by atoms with Crippen LogP contribution in [0.1, 0.15) is 38.2 Å². The van der Waals surface area contributed by atoms with Crippen molar-refractivity contribution in [1.82, 2.24) is 19.4 Å². The summed E-state index contributed by atoms with van der Waals surface area (Å²) < 4.78 is 2.07. The van der Waals surface area contributed by atoms with Gasteiger partial charge in [0.1, 0.15) is 0 Å². The second-order valence-electron chi connectivity index (χ2n) is 6.77. The molecule has 1 aliphatic heterocycles. The van der Waals surface area contributed by atoms with Gasteiger partial charge in [-0.3, -0.25) is 9.80 Å². The molecule has 1 aromatic rings. The summed E-state index contributed by atoms with van der Waals surface area (Å²) in [6.07, 6.45) is 1.89. The average molecular weight is 279 g/mol. The molecular formula is C15H29N5. The van der Waals surface area contributed by atoms with E-state index in [-0.39, 0.29) is 11.6 Å². The molecule has 0 amide bonds. The molecule has 0 aliphatic carbocycles. The number of nitrogens with zero attached hydrogens (tertiary/aromatic N) is 4. The van der Waals surface area contributed by atoms with Gasteiger partial charge in [0.05, 0.1) is 18.1 Å². The monoisotopic (exact) mass is 279 g/mol. The van der Waals surface area contributed by atoms with Crippen LogP contribution in [0, 0.1) is 6.92 Å². The first-order valence-corrected chi connectivity index (χ1v) is 7.51. The number of hydrogen-bond acceptors (Lipinski definition) is 4. The predicted molar refractivity (Wildman–Crippen MR) is 82.6 cm³/mol. The van der Waals surface area contributed by atoms with E-state index in [4.69, 9.17) is 5.73 Å². The van der Waals surface area contributed by atoms with E-state index in [1.54, 1.807) is 0 Å². The van der Waals surface area contributed by atoms with Crippen LogP contribution in [0.3, 0.4) is 0 Å². The molecule has 0 aromatic carbocycles. The molecule has 20 heavy (non-hydrogen) atoms. The van der Waals surface area contributed by atoms with Crippen LogP contribution < -0.4 is 5.73 Å². The minimum atomic E-state index is 0.248. The molecule has 0 bridgehead atoms. The Hall–Kier alpha value is -0.910. The smallest absolute Gasteiger partial charge is 0.0949 e. The molecule has 114 valence electrons. The third kappa shape index (κ3) is 3.05. The molecule has 1 fully saturated rings. The number of hydrogen-bond donors (Lipinski definition) is 1. The van der Waals surface area contributed by atoms with Crippen LogP contribution in [0.4, 0.5) is 0 Å². The highest BCUT2D eigenvalue weighted by Gasteiger charge is 2.30. The zero-order valence-corrected chi connectivity index (χ0v) is 13.6. The van der Waals surface area contributed by atoms with Crippen molar-refractivity contribution in [3.63, 3.8) is 0 Å². The molecule has 2 heterocycles. The lowest BCUT2D eigenvalue weighted by Gasteiger charge is -2.44. The molecule has 0 saturated carbocycles. The molecule has 1 saturated heterocycles. The Bertz CT molecular complexity index is 438. The highest BCUT2D eigenvalue weighted by molar-refractivity contribution is 5.16. The molecule has 1 unspecified atom stereocenters. The Morgan fingerprint density at radius 1 is 1.25 bits per heavy atom. The topological polar surface area (TPSA) is 50.3 Å². The van der Waals surface area contributed by atoms with Crippen molar-refractivity contribution in [1.29, 1.82) is 0 Å². The maximum absolute atomic E-state index is 6.03. The van der Waals surface area contributed by atoms with Crippen molar-refractivity contribution in [2.45, 2.75) is 39.3 Å². The zero-order valence-electron chi connectivity index (χ0n) is 13.6. The second kappa shape index (κ2) is 5.84. The Morgan fingerprint density at radius 3 is 2.25 bits per heavy atom.